The zero-order valence-corrected chi connectivity index (χ0v) is 11.2. The second-order valence-electron chi connectivity index (χ2n) is 5.67. The summed E-state index contributed by atoms with van der Waals surface area (Å²) in [5.74, 6) is 0.365. The molecule has 2 aliphatic carbocycles. The molecule has 98 valence electrons. The highest BCUT2D eigenvalue weighted by Gasteiger charge is 2.51. The molecule has 2 aliphatic rings. The molecule has 3 heteroatoms. The highest BCUT2D eigenvalue weighted by Crippen LogP contribution is 2.43. The van der Waals surface area contributed by atoms with Crippen molar-refractivity contribution >= 4 is 5.78 Å². The number of rotatable bonds is 4. The summed E-state index contributed by atoms with van der Waals surface area (Å²) < 4.78 is 11.5. The van der Waals surface area contributed by atoms with Crippen LogP contribution in [-0.4, -0.2) is 31.2 Å². The van der Waals surface area contributed by atoms with E-state index in [9.17, 15) is 4.79 Å². The van der Waals surface area contributed by atoms with Gasteiger partial charge < -0.3 is 9.47 Å². The predicted molar refractivity (Wildman–Crippen MR) is 65.9 cm³/mol. The van der Waals surface area contributed by atoms with E-state index in [1.165, 1.54) is 6.42 Å². The lowest BCUT2D eigenvalue weighted by Crippen LogP contribution is -2.54. The molecule has 0 N–H and O–H groups in total. The Bertz CT molecular complexity index is 289. The van der Waals surface area contributed by atoms with Gasteiger partial charge in [0.25, 0.3) is 0 Å². The summed E-state index contributed by atoms with van der Waals surface area (Å²) in [4.78, 5) is 11.7. The average molecular weight is 240 g/mol. The lowest BCUT2D eigenvalue weighted by molar-refractivity contribution is -0.175. The maximum Gasteiger partial charge on any atom is 0.143 e. The van der Waals surface area contributed by atoms with Gasteiger partial charge in [-0.15, -0.1) is 0 Å². The molecule has 4 atom stereocenters. The van der Waals surface area contributed by atoms with E-state index in [-0.39, 0.29) is 17.6 Å². The first-order valence-corrected chi connectivity index (χ1v) is 6.81. The fourth-order valence-corrected chi connectivity index (χ4v) is 2.97. The SMILES string of the molecule is CCC1(C)C(=O)CC1OC1CCCC(OC)C1. The van der Waals surface area contributed by atoms with Crippen LogP contribution in [0.1, 0.15) is 52.4 Å². The standard InChI is InChI=1S/C14H24O3/c1-4-14(2)12(15)9-13(14)17-11-7-5-6-10(8-11)16-3/h10-11,13H,4-9H2,1-3H3. The predicted octanol–water partition coefficient (Wildman–Crippen LogP) is 2.72. The van der Waals surface area contributed by atoms with Crippen LogP contribution in [0, 0.1) is 5.41 Å². The summed E-state index contributed by atoms with van der Waals surface area (Å²) >= 11 is 0. The first-order chi connectivity index (χ1) is 8.10. The van der Waals surface area contributed by atoms with Crippen molar-refractivity contribution in [3.8, 4) is 0 Å². The Hall–Kier alpha value is -0.410. The molecule has 0 saturated heterocycles. The molecule has 0 heterocycles. The molecular weight excluding hydrogens is 216 g/mol. The number of hydrogen-bond donors (Lipinski definition) is 0. The minimum atomic E-state index is -0.222. The van der Waals surface area contributed by atoms with Crippen LogP contribution in [-0.2, 0) is 14.3 Å². The van der Waals surface area contributed by atoms with E-state index in [0.29, 0.717) is 18.3 Å². The van der Waals surface area contributed by atoms with Gasteiger partial charge in [-0.3, -0.25) is 4.79 Å². The van der Waals surface area contributed by atoms with Crippen molar-refractivity contribution in [2.24, 2.45) is 5.41 Å². The summed E-state index contributed by atoms with van der Waals surface area (Å²) in [7, 11) is 1.77. The average Bonchev–Trinajstić information content (AvgIpc) is 2.37. The van der Waals surface area contributed by atoms with Gasteiger partial charge in [-0.25, -0.2) is 0 Å². The third-order valence-corrected chi connectivity index (χ3v) is 4.72. The van der Waals surface area contributed by atoms with Gasteiger partial charge in [-0.1, -0.05) is 13.8 Å². The molecule has 4 unspecified atom stereocenters. The molecule has 0 aromatic rings. The molecule has 2 saturated carbocycles. The zero-order chi connectivity index (χ0) is 12.5. The number of carbonyl (C=O) groups excluding carboxylic acids is 1. The van der Waals surface area contributed by atoms with Crippen LogP contribution in [0.4, 0.5) is 0 Å². The van der Waals surface area contributed by atoms with Crippen molar-refractivity contribution in [2.75, 3.05) is 7.11 Å². The highest BCUT2D eigenvalue weighted by molar-refractivity contribution is 5.91. The first kappa shape index (κ1) is 13.0. The number of ether oxygens (including phenoxy) is 2. The molecule has 0 aliphatic heterocycles. The maximum atomic E-state index is 11.7. The molecule has 0 amide bonds. The van der Waals surface area contributed by atoms with E-state index < -0.39 is 0 Å². The minimum Gasteiger partial charge on any atom is -0.381 e. The Morgan fingerprint density at radius 1 is 1.35 bits per heavy atom. The minimum absolute atomic E-state index is 0.139. The number of methoxy groups -OCH3 is 1. The van der Waals surface area contributed by atoms with E-state index >= 15 is 0 Å². The molecule has 2 rings (SSSR count). The number of carbonyl (C=O) groups is 1. The molecule has 3 nitrogen and oxygen atoms in total. The van der Waals surface area contributed by atoms with Crippen molar-refractivity contribution in [2.45, 2.75) is 70.7 Å². The molecule has 0 bridgehead atoms. The lowest BCUT2D eigenvalue weighted by Gasteiger charge is -2.46. The van der Waals surface area contributed by atoms with Gasteiger partial charge in [0.1, 0.15) is 5.78 Å². The van der Waals surface area contributed by atoms with Crippen molar-refractivity contribution in [3.05, 3.63) is 0 Å². The molecule has 0 aromatic carbocycles. The summed E-state index contributed by atoms with van der Waals surface area (Å²) in [6, 6.07) is 0. The van der Waals surface area contributed by atoms with Gasteiger partial charge in [-0.05, 0) is 32.1 Å². The first-order valence-electron chi connectivity index (χ1n) is 6.81. The Kier molecular flexibility index (Phi) is 3.88. The summed E-state index contributed by atoms with van der Waals surface area (Å²) in [6.07, 6.45) is 6.69. The van der Waals surface area contributed by atoms with E-state index in [1.54, 1.807) is 7.11 Å². The van der Waals surface area contributed by atoms with Crippen molar-refractivity contribution in [1.82, 2.24) is 0 Å². The Balaban J connectivity index is 1.87. The van der Waals surface area contributed by atoms with Gasteiger partial charge in [-0.2, -0.15) is 0 Å². The van der Waals surface area contributed by atoms with Crippen molar-refractivity contribution < 1.29 is 14.3 Å². The topological polar surface area (TPSA) is 35.5 Å². The molecule has 0 aromatic heterocycles. The number of hydrogen-bond acceptors (Lipinski definition) is 3. The van der Waals surface area contributed by atoms with Crippen molar-refractivity contribution in [1.29, 1.82) is 0 Å². The van der Waals surface area contributed by atoms with Gasteiger partial charge >= 0.3 is 0 Å². The molecule has 2 fully saturated rings. The second kappa shape index (κ2) is 5.07. The van der Waals surface area contributed by atoms with Crippen LogP contribution >= 0.6 is 0 Å². The third-order valence-electron chi connectivity index (χ3n) is 4.72. The normalized spacial score (nSPS) is 42.3. The third kappa shape index (κ3) is 2.41. The van der Waals surface area contributed by atoms with Gasteiger partial charge in [0.2, 0.25) is 0 Å². The zero-order valence-electron chi connectivity index (χ0n) is 11.2. The fourth-order valence-electron chi connectivity index (χ4n) is 2.97. The molecule has 17 heavy (non-hydrogen) atoms. The van der Waals surface area contributed by atoms with Crippen LogP contribution in [0.3, 0.4) is 0 Å². The second-order valence-corrected chi connectivity index (χ2v) is 5.67. The molecule has 0 spiro atoms. The fraction of sp³-hybridized carbons (Fsp3) is 0.929. The molecular formula is C14H24O3. The van der Waals surface area contributed by atoms with E-state index in [1.807, 2.05) is 6.92 Å². The summed E-state index contributed by atoms with van der Waals surface area (Å²) in [5.41, 5.74) is -0.222. The van der Waals surface area contributed by atoms with Crippen LogP contribution in [0.2, 0.25) is 0 Å². The maximum absolute atomic E-state index is 11.7. The Labute approximate surface area is 104 Å². The van der Waals surface area contributed by atoms with E-state index in [2.05, 4.69) is 6.92 Å². The Morgan fingerprint density at radius 3 is 2.65 bits per heavy atom. The summed E-state index contributed by atoms with van der Waals surface area (Å²) in [6.45, 7) is 4.12. The quantitative estimate of drug-likeness (QED) is 0.758. The lowest BCUT2D eigenvalue weighted by atomic mass is 9.64. The van der Waals surface area contributed by atoms with Crippen LogP contribution in [0.15, 0.2) is 0 Å². The van der Waals surface area contributed by atoms with Crippen LogP contribution in [0.25, 0.3) is 0 Å². The monoisotopic (exact) mass is 240 g/mol. The van der Waals surface area contributed by atoms with E-state index in [0.717, 1.165) is 25.7 Å². The van der Waals surface area contributed by atoms with E-state index in [4.69, 9.17) is 9.47 Å². The van der Waals surface area contributed by atoms with Gasteiger partial charge in [0.15, 0.2) is 0 Å². The smallest absolute Gasteiger partial charge is 0.143 e. The van der Waals surface area contributed by atoms with Gasteiger partial charge in [0, 0.05) is 13.5 Å². The molecule has 0 radical (unpaired) electrons. The number of ketones is 1. The largest absolute Gasteiger partial charge is 0.381 e. The van der Waals surface area contributed by atoms with Crippen LogP contribution in [0.5, 0.6) is 0 Å². The van der Waals surface area contributed by atoms with Crippen molar-refractivity contribution in [3.63, 3.8) is 0 Å². The van der Waals surface area contributed by atoms with Crippen LogP contribution < -0.4 is 0 Å². The van der Waals surface area contributed by atoms with Gasteiger partial charge in [0.05, 0.1) is 23.7 Å². The highest BCUT2D eigenvalue weighted by atomic mass is 16.5. The summed E-state index contributed by atoms with van der Waals surface area (Å²) in [5, 5.41) is 0. The Morgan fingerprint density at radius 2 is 2.06 bits per heavy atom. The number of Topliss-reactive ketones (excluding diaryl/α,β-unsaturated/α-hetero) is 1.